The third-order valence-electron chi connectivity index (χ3n) is 9.66. The highest BCUT2D eigenvalue weighted by Crippen LogP contribution is 2.38. The SMILES string of the molecule is C1=Cc2ccc(-c3cccc(-c4cccc5cc6c(-c7cccc(-c8ccc9ccccc9c8)c7)cccc6cc45)c3)cc2CC1. The third-order valence-corrected chi connectivity index (χ3v) is 9.66. The van der Waals surface area contributed by atoms with E-state index in [2.05, 4.69) is 170 Å². The molecule has 8 aromatic carbocycles. The zero-order chi connectivity index (χ0) is 30.5. The first-order valence-electron chi connectivity index (χ1n) is 16.2. The van der Waals surface area contributed by atoms with Crippen molar-refractivity contribution >= 4 is 38.4 Å². The van der Waals surface area contributed by atoms with Gasteiger partial charge in [-0.3, -0.25) is 0 Å². The number of allylic oxidation sites excluding steroid dienone is 1. The van der Waals surface area contributed by atoms with Crippen molar-refractivity contribution in [1.82, 2.24) is 0 Å². The van der Waals surface area contributed by atoms with Gasteiger partial charge in [0.05, 0.1) is 0 Å². The minimum atomic E-state index is 1.12. The van der Waals surface area contributed by atoms with E-state index in [4.69, 9.17) is 0 Å². The van der Waals surface area contributed by atoms with Gasteiger partial charge in [-0.2, -0.15) is 0 Å². The van der Waals surface area contributed by atoms with Crippen molar-refractivity contribution in [2.75, 3.05) is 0 Å². The van der Waals surface area contributed by atoms with Gasteiger partial charge in [0, 0.05) is 0 Å². The molecule has 0 aliphatic heterocycles. The summed E-state index contributed by atoms with van der Waals surface area (Å²) in [6.45, 7) is 0. The second-order valence-corrected chi connectivity index (χ2v) is 12.5. The van der Waals surface area contributed by atoms with Gasteiger partial charge in [-0.25, -0.2) is 0 Å². The predicted octanol–water partition coefficient (Wildman–Crippen LogP) is 12.8. The molecule has 0 radical (unpaired) electrons. The van der Waals surface area contributed by atoms with Gasteiger partial charge >= 0.3 is 0 Å². The maximum atomic E-state index is 2.38. The summed E-state index contributed by atoms with van der Waals surface area (Å²) >= 11 is 0. The summed E-state index contributed by atoms with van der Waals surface area (Å²) in [5.74, 6) is 0. The summed E-state index contributed by atoms with van der Waals surface area (Å²) in [4.78, 5) is 0. The van der Waals surface area contributed by atoms with Crippen LogP contribution in [-0.4, -0.2) is 0 Å². The lowest BCUT2D eigenvalue weighted by Crippen LogP contribution is -1.94. The smallest absolute Gasteiger partial charge is 0.00990 e. The van der Waals surface area contributed by atoms with Gasteiger partial charge < -0.3 is 0 Å². The van der Waals surface area contributed by atoms with Crippen LogP contribution in [0.4, 0.5) is 0 Å². The van der Waals surface area contributed by atoms with Gasteiger partial charge in [-0.05, 0) is 131 Å². The Hall–Kier alpha value is -5.72. The Morgan fingerprint density at radius 2 is 0.891 bits per heavy atom. The molecule has 0 unspecified atom stereocenters. The molecule has 9 rings (SSSR count). The molecule has 0 atom stereocenters. The Balaban J connectivity index is 1.12. The van der Waals surface area contributed by atoms with E-state index in [0.717, 1.165) is 12.8 Å². The molecule has 0 nitrogen and oxygen atoms in total. The van der Waals surface area contributed by atoms with E-state index in [1.165, 1.54) is 88.0 Å². The summed E-state index contributed by atoms with van der Waals surface area (Å²) in [5, 5.41) is 7.61. The van der Waals surface area contributed by atoms with Gasteiger partial charge in [0.25, 0.3) is 0 Å². The molecule has 0 saturated carbocycles. The van der Waals surface area contributed by atoms with Crippen LogP contribution in [0.5, 0.6) is 0 Å². The van der Waals surface area contributed by atoms with E-state index < -0.39 is 0 Å². The highest BCUT2D eigenvalue weighted by atomic mass is 14.2. The Morgan fingerprint density at radius 1 is 0.348 bits per heavy atom. The van der Waals surface area contributed by atoms with Crippen molar-refractivity contribution < 1.29 is 0 Å². The maximum Gasteiger partial charge on any atom is -0.00990 e. The number of hydrogen-bond acceptors (Lipinski definition) is 0. The summed E-state index contributed by atoms with van der Waals surface area (Å²) in [6.07, 6.45) is 6.77. The summed E-state index contributed by atoms with van der Waals surface area (Å²) in [6, 6.07) is 58.4. The molecule has 0 heteroatoms. The Labute approximate surface area is 269 Å². The summed E-state index contributed by atoms with van der Waals surface area (Å²) in [7, 11) is 0. The molecule has 8 aromatic rings. The lowest BCUT2D eigenvalue weighted by atomic mass is 9.90. The van der Waals surface area contributed by atoms with Crippen molar-refractivity contribution in [2.24, 2.45) is 0 Å². The van der Waals surface area contributed by atoms with Gasteiger partial charge in [0.2, 0.25) is 0 Å². The van der Waals surface area contributed by atoms with Gasteiger partial charge in [-0.1, -0.05) is 140 Å². The molecular weight excluding hydrogens is 553 g/mol. The molecule has 216 valence electrons. The van der Waals surface area contributed by atoms with E-state index in [1.807, 2.05) is 0 Å². The fraction of sp³-hybridized carbons (Fsp3) is 0.0435. The van der Waals surface area contributed by atoms with E-state index in [0.29, 0.717) is 0 Å². The van der Waals surface area contributed by atoms with E-state index in [9.17, 15) is 0 Å². The zero-order valence-electron chi connectivity index (χ0n) is 25.6. The van der Waals surface area contributed by atoms with Crippen LogP contribution >= 0.6 is 0 Å². The van der Waals surface area contributed by atoms with E-state index in [-0.39, 0.29) is 0 Å². The Kier molecular flexibility index (Phi) is 6.39. The molecular formula is C46H32. The first kappa shape index (κ1) is 26.7. The highest BCUT2D eigenvalue weighted by molar-refractivity contribution is 6.09. The second-order valence-electron chi connectivity index (χ2n) is 12.5. The van der Waals surface area contributed by atoms with Crippen molar-refractivity contribution in [2.45, 2.75) is 12.8 Å². The molecule has 0 spiro atoms. The first-order chi connectivity index (χ1) is 22.8. The topological polar surface area (TPSA) is 0 Å². The molecule has 0 amide bonds. The molecule has 0 saturated heterocycles. The van der Waals surface area contributed by atoms with Crippen LogP contribution in [-0.2, 0) is 6.42 Å². The van der Waals surface area contributed by atoms with Gasteiger partial charge in [-0.15, -0.1) is 0 Å². The lowest BCUT2D eigenvalue weighted by molar-refractivity contribution is 0.986. The fourth-order valence-corrected chi connectivity index (χ4v) is 7.27. The van der Waals surface area contributed by atoms with Crippen molar-refractivity contribution in [3.8, 4) is 44.5 Å². The van der Waals surface area contributed by atoms with Crippen LogP contribution in [0.1, 0.15) is 17.5 Å². The standard InChI is InChI=1S/C46H32/c1-3-11-33-25-37(23-21-31(33)9-1)35-13-5-15-39(27-35)43-19-7-17-41-30-46-42(29-45(41)43)18-8-20-44(46)40-16-6-14-36(28-40)38-24-22-32-10-2-4-12-34(32)26-38/h1-3,5-11,13-30H,4,12H2. The monoisotopic (exact) mass is 584 g/mol. The third kappa shape index (κ3) is 4.71. The van der Waals surface area contributed by atoms with Crippen LogP contribution in [0.15, 0.2) is 164 Å². The minimum absolute atomic E-state index is 1.12. The van der Waals surface area contributed by atoms with E-state index >= 15 is 0 Å². The highest BCUT2D eigenvalue weighted by Gasteiger charge is 2.12. The summed E-state index contributed by atoms with van der Waals surface area (Å²) in [5.41, 5.74) is 12.8. The predicted molar refractivity (Wildman–Crippen MR) is 198 cm³/mol. The number of aryl methyl sites for hydroxylation is 1. The zero-order valence-corrected chi connectivity index (χ0v) is 25.6. The van der Waals surface area contributed by atoms with Crippen LogP contribution < -0.4 is 0 Å². The molecule has 0 heterocycles. The van der Waals surface area contributed by atoms with Gasteiger partial charge in [0.15, 0.2) is 0 Å². The van der Waals surface area contributed by atoms with Crippen LogP contribution in [0.2, 0.25) is 0 Å². The van der Waals surface area contributed by atoms with Crippen LogP contribution in [0, 0.1) is 0 Å². The van der Waals surface area contributed by atoms with Crippen LogP contribution in [0.25, 0.3) is 82.9 Å². The molecule has 0 bridgehead atoms. The van der Waals surface area contributed by atoms with Gasteiger partial charge in [0.1, 0.15) is 0 Å². The fourth-order valence-electron chi connectivity index (χ4n) is 7.27. The summed E-state index contributed by atoms with van der Waals surface area (Å²) < 4.78 is 0. The normalized spacial score (nSPS) is 12.5. The maximum absolute atomic E-state index is 2.38. The molecule has 46 heavy (non-hydrogen) atoms. The molecule has 1 aliphatic rings. The average Bonchev–Trinajstić information content (AvgIpc) is 3.13. The number of benzene rings is 8. The first-order valence-corrected chi connectivity index (χ1v) is 16.2. The Bertz CT molecular complexity index is 2470. The van der Waals surface area contributed by atoms with E-state index in [1.54, 1.807) is 0 Å². The molecule has 0 aromatic heterocycles. The van der Waals surface area contributed by atoms with Crippen molar-refractivity contribution in [3.05, 3.63) is 175 Å². The Morgan fingerprint density at radius 3 is 1.59 bits per heavy atom. The van der Waals surface area contributed by atoms with Crippen LogP contribution in [0.3, 0.4) is 0 Å². The largest absolute Gasteiger partial charge is 0.0836 e. The minimum Gasteiger partial charge on any atom is -0.0836 e. The number of rotatable bonds is 4. The van der Waals surface area contributed by atoms with Crippen molar-refractivity contribution in [3.63, 3.8) is 0 Å². The molecule has 1 aliphatic carbocycles. The average molecular weight is 585 g/mol. The number of fused-ring (bicyclic) bond motifs is 4. The number of hydrogen-bond donors (Lipinski definition) is 0. The lowest BCUT2D eigenvalue weighted by Gasteiger charge is -2.14. The van der Waals surface area contributed by atoms with Crippen molar-refractivity contribution in [1.29, 1.82) is 0 Å². The molecule has 0 N–H and O–H groups in total. The molecule has 0 fully saturated rings. The quantitative estimate of drug-likeness (QED) is 0.181. The second kappa shape index (κ2) is 11.0.